The molecular weight excluding hydrogens is 284 g/mol. The molecule has 1 aliphatic carbocycles. The third-order valence-electron chi connectivity index (χ3n) is 4.27. The van der Waals surface area contributed by atoms with Gasteiger partial charge in [0, 0.05) is 17.8 Å². The molecule has 3 aromatic rings. The number of nitrogens with zero attached hydrogens (tertiary/aromatic N) is 2. The van der Waals surface area contributed by atoms with Gasteiger partial charge in [0.2, 0.25) is 0 Å². The molecule has 23 heavy (non-hydrogen) atoms. The standard InChI is InChI=1S/C20H14N2O/c1-13-7-8-17-19(23-13)10-16-12-22-11-15-6-4-2-3-5-14(15)9-18(22)20(16)21-17/h2-12H,1H3. The highest BCUT2D eigenvalue weighted by Crippen LogP contribution is 2.23. The number of hydrogen-bond acceptors (Lipinski definition) is 2. The second-order valence-electron chi connectivity index (χ2n) is 5.87. The average Bonchev–Trinajstić information content (AvgIpc) is 2.73. The summed E-state index contributed by atoms with van der Waals surface area (Å²) in [5.41, 5.74) is 3.32. The van der Waals surface area contributed by atoms with E-state index in [4.69, 9.17) is 9.72 Å². The van der Waals surface area contributed by atoms with Gasteiger partial charge in [-0.3, -0.25) is 0 Å². The molecule has 0 N–H and O–H groups in total. The Morgan fingerprint density at radius 1 is 1.00 bits per heavy atom. The molecule has 0 saturated heterocycles. The summed E-state index contributed by atoms with van der Waals surface area (Å²) >= 11 is 0. The maximum absolute atomic E-state index is 5.78. The quantitative estimate of drug-likeness (QED) is 0.638. The molecule has 0 atom stereocenters. The van der Waals surface area contributed by atoms with Crippen molar-refractivity contribution >= 4 is 34.6 Å². The lowest BCUT2D eigenvalue weighted by molar-refractivity contribution is 0.420. The van der Waals surface area contributed by atoms with Gasteiger partial charge in [0.15, 0.2) is 5.75 Å². The summed E-state index contributed by atoms with van der Waals surface area (Å²) in [6.07, 6.45) is 18.7. The van der Waals surface area contributed by atoms with E-state index in [1.165, 1.54) is 10.8 Å². The van der Waals surface area contributed by atoms with E-state index in [9.17, 15) is 0 Å². The van der Waals surface area contributed by atoms with E-state index in [-0.39, 0.29) is 0 Å². The Kier molecular flexibility index (Phi) is 2.42. The predicted molar refractivity (Wildman–Crippen MR) is 93.4 cm³/mol. The largest absolute Gasteiger partial charge is 0.460 e. The molecule has 0 radical (unpaired) electrons. The molecule has 0 saturated carbocycles. The van der Waals surface area contributed by atoms with Crippen LogP contribution in [0, 0.1) is 0 Å². The van der Waals surface area contributed by atoms with Gasteiger partial charge in [-0.25, -0.2) is 4.98 Å². The van der Waals surface area contributed by atoms with Gasteiger partial charge < -0.3 is 9.14 Å². The van der Waals surface area contributed by atoms with E-state index in [0.717, 1.165) is 33.3 Å². The van der Waals surface area contributed by atoms with Crippen molar-refractivity contribution in [2.75, 3.05) is 0 Å². The first-order valence-electron chi connectivity index (χ1n) is 7.65. The number of fused-ring (bicyclic) bond motifs is 5. The Hall–Kier alpha value is -3.07. The molecule has 0 aromatic carbocycles. The van der Waals surface area contributed by atoms with Crippen molar-refractivity contribution in [3.05, 3.63) is 70.7 Å². The first-order valence-corrected chi connectivity index (χ1v) is 7.65. The fourth-order valence-corrected chi connectivity index (χ4v) is 3.14. The number of allylic oxidation sites excluding steroid dienone is 5. The predicted octanol–water partition coefficient (Wildman–Crippen LogP) is 2.93. The summed E-state index contributed by atoms with van der Waals surface area (Å²) < 4.78 is 7.93. The topological polar surface area (TPSA) is 26.5 Å². The molecule has 0 unspecified atom stereocenters. The second kappa shape index (κ2) is 4.46. The van der Waals surface area contributed by atoms with Crippen LogP contribution in [0.4, 0.5) is 0 Å². The Morgan fingerprint density at radius 3 is 2.91 bits per heavy atom. The zero-order chi connectivity index (χ0) is 15.4. The number of pyridine rings is 2. The van der Waals surface area contributed by atoms with E-state index in [1.807, 2.05) is 25.2 Å². The van der Waals surface area contributed by atoms with Crippen LogP contribution in [-0.2, 0) is 0 Å². The van der Waals surface area contributed by atoms with Crippen LogP contribution >= 0.6 is 0 Å². The fraction of sp³-hybridized carbons (Fsp3) is 0.0500. The van der Waals surface area contributed by atoms with Gasteiger partial charge in [-0.1, -0.05) is 30.4 Å². The van der Waals surface area contributed by atoms with Crippen LogP contribution < -0.4 is 15.3 Å². The third-order valence-corrected chi connectivity index (χ3v) is 4.27. The third kappa shape index (κ3) is 1.87. The minimum atomic E-state index is 0.823. The first kappa shape index (κ1) is 12.5. The van der Waals surface area contributed by atoms with Gasteiger partial charge in [-0.15, -0.1) is 0 Å². The van der Waals surface area contributed by atoms with Gasteiger partial charge in [-0.05, 0) is 42.0 Å². The molecule has 3 aromatic heterocycles. The second-order valence-corrected chi connectivity index (χ2v) is 5.87. The van der Waals surface area contributed by atoms with Crippen molar-refractivity contribution in [3.8, 4) is 5.75 Å². The zero-order valence-electron chi connectivity index (χ0n) is 12.7. The Labute approximate surface area is 132 Å². The molecule has 3 nitrogen and oxygen atoms in total. The van der Waals surface area contributed by atoms with E-state index in [2.05, 4.69) is 53.2 Å². The number of aromatic nitrogens is 2. The highest BCUT2D eigenvalue weighted by molar-refractivity contribution is 5.95. The van der Waals surface area contributed by atoms with Crippen LogP contribution in [0.5, 0.6) is 5.75 Å². The van der Waals surface area contributed by atoms with Crippen molar-refractivity contribution in [2.45, 2.75) is 6.92 Å². The van der Waals surface area contributed by atoms with Crippen molar-refractivity contribution in [3.63, 3.8) is 0 Å². The number of rotatable bonds is 0. The van der Waals surface area contributed by atoms with E-state index < -0.39 is 0 Å². The molecule has 110 valence electrons. The molecule has 0 fully saturated rings. The molecule has 3 heteroatoms. The van der Waals surface area contributed by atoms with E-state index >= 15 is 0 Å². The SMILES string of the molecule is CC1=CC=c2nc3c(cc2O1)cn1cc2c(cc31)=CC=CC=C2. The molecule has 0 amide bonds. The van der Waals surface area contributed by atoms with Crippen molar-refractivity contribution in [1.82, 2.24) is 9.38 Å². The summed E-state index contributed by atoms with van der Waals surface area (Å²) in [6.45, 7) is 1.95. The van der Waals surface area contributed by atoms with Gasteiger partial charge in [0.25, 0.3) is 0 Å². The highest BCUT2D eigenvalue weighted by atomic mass is 16.5. The number of ether oxygens (including phenoxy) is 1. The average molecular weight is 298 g/mol. The van der Waals surface area contributed by atoms with Crippen molar-refractivity contribution in [1.29, 1.82) is 0 Å². The first-order chi connectivity index (χ1) is 11.3. The lowest BCUT2D eigenvalue weighted by Gasteiger charge is -2.09. The van der Waals surface area contributed by atoms with Crippen LogP contribution in [0.2, 0.25) is 0 Å². The maximum Gasteiger partial charge on any atom is 0.153 e. The van der Waals surface area contributed by atoms with Crippen LogP contribution in [0.15, 0.2) is 54.6 Å². The molecule has 1 aliphatic heterocycles. The van der Waals surface area contributed by atoms with Crippen LogP contribution in [0.1, 0.15) is 12.5 Å². The normalized spacial score (nSPS) is 15.3. The lowest BCUT2D eigenvalue weighted by Crippen LogP contribution is -2.14. The summed E-state index contributed by atoms with van der Waals surface area (Å²) in [6, 6.07) is 4.27. The van der Waals surface area contributed by atoms with Gasteiger partial charge >= 0.3 is 0 Å². The van der Waals surface area contributed by atoms with Crippen LogP contribution in [0.25, 0.3) is 34.6 Å². The molecular formula is C20H14N2O. The molecule has 2 aliphatic rings. The van der Waals surface area contributed by atoms with Crippen molar-refractivity contribution < 1.29 is 4.74 Å². The monoisotopic (exact) mass is 298 g/mol. The minimum absolute atomic E-state index is 0.823. The van der Waals surface area contributed by atoms with Crippen LogP contribution in [-0.4, -0.2) is 9.38 Å². The molecule has 4 heterocycles. The summed E-state index contributed by atoms with van der Waals surface area (Å²) in [7, 11) is 0. The van der Waals surface area contributed by atoms with Crippen molar-refractivity contribution in [2.24, 2.45) is 0 Å². The van der Waals surface area contributed by atoms with E-state index in [0.29, 0.717) is 0 Å². The van der Waals surface area contributed by atoms with Gasteiger partial charge in [0.1, 0.15) is 11.1 Å². The Balaban J connectivity index is 1.89. The Bertz CT molecular complexity index is 1190. The van der Waals surface area contributed by atoms with E-state index in [1.54, 1.807) is 0 Å². The highest BCUT2D eigenvalue weighted by Gasteiger charge is 2.11. The lowest BCUT2D eigenvalue weighted by atomic mass is 10.2. The minimum Gasteiger partial charge on any atom is -0.460 e. The fourth-order valence-electron chi connectivity index (χ4n) is 3.14. The molecule has 0 spiro atoms. The summed E-state index contributed by atoms with van der Waals surface area (Å²) in [4.78, 5) is 4.81. The molecule has 0 bridgehead atoms. The maximum atomic E-state index is 5.78. The number of hydrogen-bond donors (Lipinski definition) is 0. The summed E-state index contributed by atoms with van der Waals surface area (Å²) in [5.74, 6) is 1.71. The van der Waals surface area contributed by atoms with Crippen LogP contribution in [0.3, 0.4) is 0 Å². The summed E-state index contributed by atoms with van der Waals surface area (Å²) in [5, 5.41) is 3.18. The van der Waals surface area contributed by atoms with Gasteiger partial charge in [0.05, 0.1) is 11.0 Å². The smallest absolute Gasteiger partial charge is 0.153 e. The van der Waals surface area contributed by atoms with Gasteiger partial charge in [-0.2, -0.15) is 0 Å². The zero-order valence-corrected chi connectivity index (χ0v) is 12.7. The Morgan fingerprint density at radius 2 is 1.96 bits per heavy atom. The molecule has 5 rings (SSSR count).